The molecule has 11 heteroatoms. The number of hydrogen-bond acceptors (Lipinski definition) is 9. The maximum absolute atomic E-state index is 14.9. The summed E-state index contributed by atoms with van der Waals surface area (Å²) in [4.78, 5) is 31.0. The van der Waals surface area contributed by atoms with Gasteiger partial charge in [0.2, 0.25) is 0 Å². The zero-order chi connectivity index (χ0) is 35.0. The summed E-state index contributed by atoms with van der Waals surface area (Å²) in [5.41, 5.74) is 2.63. The summed E-state index contributed by atoms with van der Waals surface area (Å²) >= 11 is -1.31. The van der Waals surface area contributed by atoms with Crippen LogP contribution >= 0.6 is 0 Å². The van der Waals surface area contributed by atoms with Crippen molar-refractivity contribution in [1.29, 1.82) is 0 Å². The van der Waals surface area contributed by atoms with Crippen LogP contribution in [0.3, 0.4) is 0 Å². The van der Waals surface area contributed by atoms with Gasteiger partial charge in [0.1, 0.15) is 0 Å². The van der Waals surface area contributed by atoms with E-state index in [9.17, 15) is 9.59 Å². The molecule has 4 bridgehead atoms. The second kappa shape index (κ2) is 16.9. The normalized spacial score (nSPS) is 21.8. The number of rotatable bonds is 8. The van der Waals surface area contributed by atoms with Crippen LogP contribution < -0.4 is 47.1 Å². The molecule has 3 atom stereocenters. The van der Waals surface area contributed by atoms with Crippen molar-refractivity contribution in [2.45, 2.75) is 82.3 Å². The third kappa shape index (κ3) is 8.03. The van der Waals surface area contributed by atoms with Crippen LogP contribution in [-0.4, -0.2) is 57.8 Å². The fraction of sp³-hybridized carbons (Fsp3) is 0.487. The first-order chi connectivity index (χ1) is 24.4. The molecule has 0 radical (unpaired) electrons. The summed E-state index contributed by atoms with van der Waals surface area (Å²) < 4.78 is 41.4. The van der Waals surface area contributed by atoms with E-state index in [1.165, 1.54) is 0 Å². The van der Waals surface area contributed by atoms with Crippen LogP contribution in [0.5, 0.6) is 34.5 Å². The summed E-state index contributed by atoms with van der Waals surface area (Å²) in [6.07, 6.45) is 7.95. The predicted octanol–water partition coefficient (Wildman–Crippen LogP) is 4.37. The number of carbonyl (C=O) groups excluding carboxylic acids is 2. The zero-order valence-electron chi connectivity index (χ0n) is 29.3. The van der Waals surface area contributed by atoms with Gasteiger partial charge in [-0.2, -0.15) is 0 Å². The first-order valence-corrected chi connectivity index (χ1v) is 19.3. The van der Waals surface area contributed by atoms with Crippen molar-refractivity contribution in [1.82, 2.24) is 4.90 Å². The molecule has 3 aromatic rings. The van der Waals surface area contributed by atoms with Crippen LogP contribution in [-0.2, 0) is 20.7 Å². The average molecular weight is 801 g/mol. The number of cyclic esters (lactones) is 1. The third-order valence-corrected chi connectivity index (χ3v) is 11.5. The second-order valence-corrected chi connectivity index (χ2v) is 14.4. The number of halogens is 1. The minimum atomic E-state index is -1.31. The zero-order valence-corrected chi connectivity index (χ0v) is 31.4. The Hall–Kier alpha value is -3.87. The van der Waals surface area contributed by atoms with Crippen molar-refractivity contribution < 1.29 is 61.4 Å². The van der Waals surface area contributed by atoms with E-state index in [0.717, 1.165) is 61.6 Å². The monoisotopic (exact) mass is 800 g/mol. The molecule has 50 heavy (non-hydrogen) atoms. The van der Waals surface area contributed by atoms with Crippen LogP contribution in [0.4, 0.5) is 0 Å². The molecule has 1 aliphatic carbocycles. The number of esters is 1. The van der Waals surface area contributed by atoms with Crippen LogP contribution in [0.15, 0.2) is 54.6 Å². The van der Waals surface area contributed by atoms with Gasteiger partial charge >= 0.3 is 300 Å². The Balaban J connectivity index is 1.39. The molecule has 3 aromatic carbocycles. The van der Waals surface area contributed by atoms with E-state index in [1.807, 2.05) is 54.6 Å². The molecule has 1 saturated carbocycles. The summed E-state index contributed by atoms with van der Waals surface area (Å²) in [5.74, 6) is 2.58. The number of benzene rings is 3. The van der Waals surface area contributed by atoms with Gasteiger partial charge in [-0.25, -0.2) is 0 Å². The molecule has 2 aliphatic heterocycles. The van der Waals surface area contributed by atoms with E-state index in [0.29, 0.717) is 60.3 Å². The van der Waals surface area contributed by atoms with E-state index in [4.69, 9.17) is 29.8 Å². The number of methoxy groups -OCH3 is 4. The van der Waals surface area contributed by atoms with Gasteiger partial charge in [-0.3, -0.25) is 0 Å². The molecule has 1 amide bonds. The molecule has 1 saturated heterocycles. The van der Waals surface area contributed by atoms with Crippen molar-refractivity contribution in [3.05, 3.63) is 71.3 Å². The molecule has 10 nitrogen and oxygen atoms in total. The molecular formula is C39H47INO9-. The fourth-order valence-electron chi connectivity index (χ4n) is 7.58. The molecule has 2 heterocycles. The van der Waals surface area contributed by atoms with Gasteiger partial charge in [-0.1, -0.05) is 0 Å². The van der Waals surface area contributed by atoms with Crippen molar-refractivity contribution in [3.63, 3.8) is 0 Å². The fourth-order valence-corrected chi connectivity index (χ4v) is 8.68. The Morgan fingerprint density at radius 2 is 1.54 bits per heavy atom. The molecule has 270 valence electrons. The molecule has 6 rings (SSSR count). The van der Waals surface area contributed by atoms with E-state index in [1.54, 1.807) is 33.3 Å². The van der Waals surface area contributed by atoms with Crippen molar-refractivity contribution in [3.8, 4) is 34.5 Å². The number of amides is 1. The van der Waals surface area contributed by atoms with Crippen molar-refractivity contribution in [2.75, 3.05) is 35.0 Å². The number of piperidine rings is 1. The first-order valence-electron chi connectivity index (χ1n) is 17.5. The Labute approximate surface area is 306 Å². The molecule has 0 aromatic heterocycles. The van der Waals surface area contributed by atoms with Crippen LogP contribution in [0, 0.1) is 5.92 Å². The van der Waals surface area contributed by atoms with Crippen molar-refractivity contribution >= 4 is 11.9 Å². The number of carbonyl (C=O) groups is 2. The van der Waals surface area contributed by atoms with E-state index >= 15 is 0 Å². The first kappa shape index (κ1) is 35.9. The van der Waals surface area contributed by atoms with Gasteiger partial charge in [0.25, 0.3) is 0 Å². The summed E-state index contributed by atoms with van der Waals surface area (Å²) in [5, 5.41) is 0. The molecule has 0 spiro atoms. The van der Waals surface area contributed by atoms with Gasteiger partial charge in [0.15, 0.2) is 0 Å². The average Bonchev–Trinajstić information content (AvgIpc) is 3.16. The quantitative estimate of drug-likeness (QED) is 0.243. The number of fused-ring (bicyclic) bond motifs is 5. The van der Waals surface area contributed by atoms with E-state index in [2.05, 4.69) is 0 Å². The third-order valence-electron chi connectivity index (χ3n) is 10.1. The van der Waals surface area contributed by atoms with E-state index < -0.39 is 40.1 Å². The number of aryl methyl sites for hydroxylation is 1. The SMILES string of the molecule is COc1ccc(CC[C@H]2OC(=O)[C@@H]3CCCCN3C(=O)[C@@H](C3CCCCC3)c3cc(OC)c(OC)c(c3)O[I-]Oc3cccc2c3)cc1OC. The Morgan fingerprint density at radius 1 is 0.760 bits per heavy atom. The van der Waals surface area contributed by atoms with Crippen molar-refractivity contribution in [2.24, 2.45) is 5.92 Å². The predicted molar refractivity (Wildman–Crippen MR) is 183 cm³/mol. The van der Waals surface area contributed by atoms with Gasteiger partial charge < -0.3 is 0 Å². The Kier molecular flexibility index (Phi) is 12.1. The van der Waals surface area contributed by atoms with Crippen LogP contribution in [0.1, 0.15) is 86.5 Å². The summed E-state index contributed by atoms with van der Waals surface area (Å²) in [6.45, 7) is 0.504. The molecule has 0 unspecified atom stereocenters. The van der Waals surface area contributed by atoms with Crippen LogP contribution in [0.2, 0.25) is 0 Å². The van der Waals surface area contributed by atoms with Crippen LogP contribution in [0.25, 0.3) is 0 Å². The maximum atomic E-state index is 14.9. The standard InChI is InChI=1S/C39H47INO9/c1-44-32-19-17-25(21-33(32)45-2)16-18-31-27-13-10-14-29(22-27)49-40-50-35-24-28(23-34(46-3)37(35)47-4)36(26-11-6-5-7-12-26)38(42)41-20-9-8-15-30(41)39(43)48-31/h10,13-14,17,19,21-24,26,30-31,36H,5-9,11-12,15-16,18,20H2,1-4H3/q-1/t30-,31+,36-/m0/s1. The van der Waals surface area contributed by atoms with E-state index in [-0.39, 0.29) is 17.8 Å². The Morgan fingerprint density at radius 3 is 2.30 bits per heavy atom. The summed E-state index contributed by atoms with van der Waals surface area (Å²) in [6, 6.07) is 16.6. The number of ether oxygens (including phenoxy) is 5. The van der Waals surface area contributed by atoms with Gasteiger partial charge in [0.05, 0.1) is 7.11 Å². The second-order valence-electron chi connectivity index (χ2n) is 13.1. The topological polar surface area (TPSA) is 102 Å². The minimum absolute atomic E-state index is 0.0429. The number of nitrogens with zero attached hydrogens (tertiary/aromatic N) is 1. The summed E-state index contributed by atoms with van der Waals surface area (Å²) in [7, 11) is 6.39. The molecule has 0 N–H and O–H groups in total. The van der Waals surface area contributed by atoms with Gasteiger partial charge in [-0.05, 0) is 0 Å². The number of hydrogen-bond donors (Lipinski definition) is 0. The molecule has 3 aliphatic rings. The van der Waals surface area contributed by atoms with Gasteiger partial charge in [0, 0.05) is 0 Å². The molecule has 2 fully saturated rings. The van der Waals surface area contributed by atoms with Gasteiger partial charge in [-0.15, -0.1) is 0 Å². The molecular weight excluding hydrogens is 753 g/mol. The Bertz CT molecular complexity index is 1640.